The van der Waals surface area contributed by atoms with Crippen LogP contribution in [0.25, 0.3) is 0 Å². The molecule has 4 rings (SSSR count). The Morgan fingerprint density at radius 3 is 2.62 bits per heavy atom. The SMILES string of the molecule is CN1C(=O)NC(=O)C2C(c3ccc(Br)cc3)C3=C(COC3=O)NC21. The molecule has 124 valence electrons. The van der Waals surface area contributed by atoms with Crippen molar-refractivity contribution in [1.29, 1.82) is 0 Å². The number of carbonyl (C=O) groups is 3. The van der Waals surface area contributed by atoms with Crippen LogP contribution in [-0.4, -0.2) is 42.6 Å². The molecule has 24 heavy (non-hydrogen) atoms. The van der Waals surface area contributed by atoms with E-state index in [1.54, 1.807) is 7.05 Å². The summed E-state index contributed by atoms with van der Waals surface area (Å²) in [6.07, 6.45) is -0.520. The molecule has 0 radical (unpaired) electrons. The first-order valence-electron chi connectivity index (χ1n) is 7.47. The molecule has 1 fully saturated rings. The van der Waals surface area contributed by atoms with Crippen molar-refractivity contribution in [2.24, 2.45) is 5.92 Å². The first-order valence-corrected chi connectivity index (χ1v) is 8.26. The third-order valence-electron chi connectivity index (χ3n) is 4.72. The first-order chi connectivity index (χ1) is 11.5. The lowest BCUT2D eigenvalue weighted by Crippen LogP contribution is -2.66. The lowest BCUT2D eigenvalue weighted by atomic mass is 9.74. The fourth-order valence-electron chi connectivity index (χ4n) is 3.56. The number of nitrogens with zero attached hydrogens (tertiary/aromatic N) is 1. The molecule has 3 amide bonds. The normalized spacial score (nSPS) is 28.8. The maximum absolute atomic E-state index is 12.5. The van der Waals surface area contributed by atoms with Crippen molar-refractivity contribution in [3.05, 3.63) is 45.6 Å². The van der Waals surface area contributed by atoms with Crippen LogP contribution in [0.2, 0.25) is 0 Å². The molecular weight excluding hydrogens is 378 g/mol. The molecule has 1 aromatic carbocycles. The molecule has 0 spiro atoms. The number of urea groups is 1. The van der Waals surface area contributed by atoms with Gasteiger partial charge >= 0.3 is 12.0 Å². The minimum Gasteiger partial charge on any atom is -0.456 e. The Bertz CT molecular complexity index is 789. The predicted molar refractivity (Wildman–Crippen MR) is 86.6 cm³/mol. The van der Waals surface area contributed by atoms with E-state index in [2.05, 4.69) is 26.6 Å². The van der Waals surface area contributed by atoms with Gasteiger partial charge in [0.2, 0.25) is 5.91 Å². The highest BCUT2D eigenvalue weighted by Gasteiger charge is 2.52. The summed E-state index contributed by atoms with van der Waals surface area (Å²) < 4.78 is 6.06. The van der Waals surface area contributed by atoms with E-state index in [1.165, 1.54) is 4.90 Å². The number of benzene rings is 1. The summed E-state index contributed by atoms with van der Waals surface area (Å²) in [6, 6.07) is 7.01. The number of carbonyl (C=O) groups excluding carboxylic acids is 3. The summed E-state index contributed by atoms with van der Waals surface area (Å²) >= 11 is 3.39. The summed E-state index contributed by atoms with van der Waals surface area (Å²) in [5.74, 6) is -1.89. The van der Waals surface area contributed by atoms with Gasteiger partial charge in [-0.15, -0.1) is 0 Å². The Balaban J connectivity index is 1.87. The molecule has 1 saturated heterocycles. The van der Waals surface area contributed by atoms with Gasteiger partial charge in [-0.1, -0.05) is 28.1 Å². The van der Waals surface area contributed by atoms with Gasteiger partial charge in [-0.25, -0.2) is 9.59 Å². The quantitative estimate of drug-likeness (QED) is 0.699. The van der Waals surface area contributed by atoms with E-state index >= 15 is 0 Å². The first kappa shape index (κ1) is 15.2. The zero-order chi connectivity index (χ0) is 17.0. The van der Waals surface area contributed by atoms with Crippen molar-refractivity contribution < 1.29 is 19.1 Å². The molecule has 0 saturated carbocycles. The van der Waals surface area contributed by atoms with Gasteiger partial charge in [-0.3, -0.25) is 10.1 Å². The molecular formula is C16H14BrN3O4. The van der Waals surface area contributed by atoms with Gasteiger partial charge in [0.25, 0.3) is 0 Å². The number of hydrogen-bond donors (Lipinski definition) is 2. The van der Waals surface area contributed by atoms with Gasteiger partial charge in [0.05, 0.1) is 17.2 Å². The smallest absolute Gasteiger partial charge is 0.336 e. The molecule has 2 N–H and O–H groups in total. The Kier molecular flexibility index (Phi) is 3.38. The molecule has 3 heterocycles. The summed E-state index contributed by atoms with van der Waals surface area (Å²) in [4.78, 5) is 38.2. The molecule has 1 aromatic rings. The number of esters is 1. The predicted octanol–water partition coefficient (Wildman–Crippen LogP) is 1.07. The number of amides is 3. The van der Waals surface area contributed by atoms with Crippen LogP contribution in [0.1, 0.15) is 11.5 Å². The van der Waals surface area contributed by atoms with E-state index in [0.29, 0.717) is 11.3 Å². The van der Waals surface area contributed by atoms with E-state index in [0.717, 1.165) is 10.0 Å². The summed E-state index contributed by atoms with van der Waals surface area (Å²) in [6.45, 7) is 0.133. The summed E-state index contributed by atoms with van der Waals surface area (Å²) in [5, 5.41) is 5.50. The number of imide groups is 1. The minimum atomic E-state index is -0.613. The zero-order valence-corrected chi connectivity index (χ0v) is 14.3. The van der Waals surface area contributed by atoms with E-state index in [9.17, 15) is 14.4 Å². The number of ether oxygens (including phenoxy) is 1. The Morgan fingerprint density at radius 1 is 1.21 bits per heavy atom. The van der Waals surface area contributed by atoms with Crippen molar-refractivity contribution in [3.8, 4) is 0 Å². The second kappa shape index (κ2) is 5.34. The van der Waals surface area contributed by atoms with E-state index < -0.39 is 35.9 Å². The lowest BCUT2D eigenvalue weighted by molar-refractivity contribution is -0.136. The number of halogens is 1. The molecule has 7 nitrogen and oxygen atoms in total. The average molecular weight is 392 g/mol. The lowest BCUT2D eigenvalue weighted by Gasteiger charge is -2.45. The van der Waals surface area contributed by atoms with Crippen molar-refractivity contribution in [1.82, 2.24) is 15.5 Å². The molecule has 3 aliphatic rings. The Labute approximate surface area is 146 Å². The summed E-state index contributed by atoms with van der Waals surface area (Å²) in [7, 11) is 1.62. The van der Waals surface area contributed by atoms with Crippen molar-refractivity contribution in [2.45, 2.75) is 12.1 Å². The second-order valence-corrected chi connectivity index (χ2v) is 6.93. The van der Waals surface area contributed by atoms with Crippen LogP contribution in [0.5, 0.6) is 0 Å². The third-order valence-corrected chi connectivity index (χ3v) is 5.25. The van der Waals surface area contributed by atoms with Crippen molar-refractivity contribution in [3.63, 3.8) is 0 Å². The number of fused-ring (bicyclic) bond motifs is 1. The number of nitrogens with one attached hydrogen (secondary N) is 2. The minimum absolute atomic E-state index is 0.133. The molecule has 3 aliphatic heterocycles. The molecule has 3 atom stereocenters. The number of cyclic esters (lactones) is 1. The van der Waals surface area contributed by atoms with E-state index in [-0.39, 0.29) is 6.61 Å². The fourth-order valence-corrected chi connectivity index (χ4v) is 3.82. The van der Waals surface area contributed by atoms with Gasteiger partial charge in [-0.05, 0) is 17.7 Å². The Hall–Kier alpha value is -2.35. The number of rotatable bonds is 1. The average Bonchev–Trinajstić information content (AvgIpc) is 2.93. The topological polar surface area (TPSA) is 87.7 Å². The van der Waals surface area contributed by atoms with Crippen LogP contribution in [-0.2, 0) is 14.3 Å². The van der Waals surface area contributed by atoms with Crippen LogP contribution in [0.4, 0.5) is 4.79 Å². The monoisotopic (exact) mass is 391 g/mol. The highest BCUT2D eigenvalue weighted by molar-refractivity contribution is 9.10. The van der Waals surface area contributed by atoms with Crippen LogP contribution < -0.4 is 10.6 Å². The number of hydrogen-bond acceptors (Lipinski definition) is 5. The molecule has 3 unspecified atom stereocenters. The maximum Gasteiger partial charge on any atom is 0.336 e. The largest absolute Gasteiger partial charge is 0.456 e. The second-order valence-electron chi connectivity index (χ2n) is 6.02. The van der Waals surface area contributed by atoms with E-state index in [4.69, 9.17) is 4.74 Å². The van der Waals surface area contributed by atoms with Gasteiger partial charge in [0, 0.05) is 17.4 Å². The van der Waals surface area contributed by atoms with Gasteiger partial charge in [0.1, 0.15) is 12.8 Å². The molecule has 0 aromatic heterocycles. The van der Waals surface area contributed by atoms with Gasteiger partial charge in [-0.2, -0.15) is 0 Å². The summed E-state index contributed by atoms with van der Waals surface area (Å²) in [5.41, 5.74) is 1.94. The maximum atomic E-state index is 12.5. The zero-order valence-electron chi connectivity index (χ0n) is 12.7. The van der Waals surface area contributed by atoms with Crippen molar-refractivity contribution in [2.75, 3.05) is 13.7 Å². The van der Waals surface area contributed by atoms with Gasteiger partial charge in [0.15, 0.2) is 0 Å². The highest BCUT2D eigenvalue weighted by atomic mass is 79.9. The fraction of sp³-hybridized carbons (Fsp3) is 0.312. The molecule has 0 aliphatic carbocycles. The molecule has 0 bridgehead atoms. The van der Waals surface area contributed by atoms with Crippen LogP contribution in [0.15, 0.2) is 40.0 Å². The highest BCUT2D eigenvalue weighted by Crippen LogP contribution is 2.43. The van der Waals surface area contributed by atoms with E-state index in [1.807, 2.05) is 24.3 Å². The third kappa shape index (κ3) is 2.13. The standard InChI is InChI=1S/C16H14BrN3O4/c1-20-13-12(14(21)19-16(20)23)10(7-2-4-8(17)5-3-7)11-9(18-13)6-24-15(11)22/h2-5,10,12-13,18H,6H2,1H3,(H,19,21,23). The Morgan fingerprint density at radius 2 is 1.92 bits per heavy atom. The van der Waals surface area contributed by atoms with Crippen molar-refractivity contribution >= 4 is 33.8 Å². The van der Waals surface area contributed by atoms with Crippen LogP contribution in [0.3, 0.4) is 0 Å². The van der Waals surface area contributed by atoms with Gasteiger partial charge < -0.3 is 15.0 Å². The van der Waals surface area contributed by atoms with Crippen LogP contribution >= 0.6 is 15.9 Å². The van der Waals surface area contributed by atoms with Crippen LogP contribution in [0, 0.1) is 5.92 Å². The molecule has 8 heteroatoms.